The first-order valence-corrected chi connectivity index (χ1v) is 5.96. The van der Waals surface area contributed by atoms with E-state index < -0.39 is 0 Å². The van der Waals surface area contributed by atoms with Crippen LogP contribution in [0.5, 0.6) is 0 Å². The van der Waals surface area contributed by atoms with Crippen molar-refractivity contribution in [3.63, 3.8) is 0 Å². The first kappa shape index (κ1) is 13.8. The van der Waals surface area contributed by atoms with Gasteiger partial charge in [-0.05, 0) is 30.5 Å². The summed E-state index contributed by atoms with van der Waals surface area (Å²) in [5.74, 6) is 0.365. The highest BCUT2D eigenvalue weighted by atomic mass is 19.1. The predicted molar refractivity (Wildman–Crippen MR) is 69.6 cm³/mol. The summed E-state index contributed by atoms with van der Waals surface area (Å²) in [6.45, 7) is 6.32. The van der Waals surface area contributed by atoms with E-state index in [1.54, 1.807) is 6.07 Å². The first-order valence-electron chi connectivity index (χ1n) is 5.96. The summed E-state index contributed by atoms with van der Waals surface area (Å²) in [5.41, 5.74) is 6.87. The van der Waals surface area contributed by atoms with Gasteiger partial charge in [0.25, 0.3) is 0 Å². The van der Waals surface area contributed by atoms with Crippen molar-refractivity contribution in [3.05, 3.63) is 24.0 Å². The zero-order valence-corrected chi connectivity index (χ0v) is 10.5. The van der Waals surface area contributed by atoms with E-state index in [0.717, 1.165) is 13.0 Å². The van der Waals surface area contributed by atoms with Crippen molar-refractivity contribution in [2.75, 3.05) is 30.8 Å². The summed E-state index contributed by atoms with van der Waals surface area (Å²) in [6, 6.07) is 4.29. The van der Waals surface area contributed by atoms with Crippen LogP contribution < -0.4 is 11.1 Å². The topological polar surface area (TPSA) is 47.3 Å². The van der Waals surface area contributed by atoms with E-state index in [-0.39, 0.29) is 5.82 Å². The molecular weight excluding hydrogens is 219 g/mol. The summed E-state index contributed by atoms with van der Waals surface area (Å²) in [4.78, 5) is 0. The van der Waals surface area contributed by atoms with E-state index in [0.29, 0.717) is 30.4 Å². The number of nitrogens with two attached hydrogens (primary N) is 1. The van der Waals surface area contributed by atoms with Gasteiger partial charge in [0.2, 0.25) is 0 Å². The van der Waals surface area contributed by atoms with Crippen LogP contribution in [0.4, 0.5) is 15.8 Å². The number of halogens is 1. The van der Waals surface area contributed by atoms with E-state index in [4.69, 9.17) is 10.5 Å². The zero-order valence-electron chi connectivity index (χ0n) is 10.5. The number of hydrogen-bond donors (Lipinski definition) is 2. The monoisotopic (exact) mass is 240 g/mol. The smallest absolute Gasteiger partial charge is 0.125 e. The van der Waals surface area contributed by atoms with Gasteiger partial charge in [-0.1, -0.05) is 13.8 Å². The molecule has 0 aliphatic carbocycles. The minimum absolute atomic E-state index is 0.289. The van der Waals surface area contributed by atoms with Crippen molar-refractivity contribution in [1.29, 1.82) is 0 Å². The van der Waals surface area contributed by atoms with Crippen LogP contribution in [0.1, 0.15) is 20.3 Å². The van der Waals surface area contributed by atoms with Crippen LogP contribution in [-0.2, 0) is 4.74 Å². The number of rotatable bonds is 7. The molecule has 0 spiro atoms. The molecule has 0 bridgehead atoms. The third-order valence-electron chi connectivity index (χ3n) is 2.42. The van der Waals surface area contributed by atoms with E-state index in [2.05, 4.69) is 19.2 Å². The molecule has 1 aromatic carbocycles. The molecule has 0 aliphatic rings. The Kier molecular flexibility index (Phi) is 5.77. The molecule has 4 heteroatoms. The Morgan fingerprint density at radius 3 is 2.82 bits per heavy atom. The Hall–Kier alpha value is -1.29. The molecule has 17 heavy (non-hydrogen) atoms. The normalized spacial score (nSPS) is 10.8. The second kappa shape index (κ2) is 7.12. The van der Waals surface area contributed by atoms with Gasteiger partial charge < -0.3 is 15.8 Å². The van der Waals surface area contributed by atoms with E-state index in [1.807, 2.05) is 0 Å². The average molecular weight is 240 g/mol. The Bertz CT molecular complexity index is 342. The van der Waals surface area contributed by atoms with Crippen molar-refractivity contribution >= 4 is 11.4 Å². The van der Waals surface area contributed by atoms with Gasteiger partial charge in [-0.25, -0.2) is 4.39 Å². The van der Waals surface area contributed by atoms with Crippen molar-refractivity contribution in [1.82, 2.24) is 0 Å². The molecule has 0 atom stereocenters. The van der Waals surface area contributed by atoms with E-state index in [9.17, 15) is 4.39 Å². The van der Waals surface area contributed by atoms with Gasteiger partial charge in [-0.2, -0.15) is 0 Å². The Labute approximate surface area is 102 Å². The van der Waals surface area contributed by atoms with Gasteiger partial charge in [-0.3, -0.25) is 0 Å². The zero-order chi connectivity index (χ0) is 12.7. The van der Waals surface area contributed by atoms with Crippen LogP contribution in [0.25, 0.3) is 0 Å². The average Bonchev–Trinajstić information content (AvgIpc) is 2.27. The third kappa shape index (κ3) is 5.54. The fourth-order valence-electron chi connectivity index (χ4n) is 1.36. The van der Waals surface area contributed by atoms with Crippen molar-refractivity contribution in [2.24, 2.45) is 5.92 Å². The highest BCUT2D eigenvalue weighted by Crippen LogP contribution is 2.18. The Morgan fingerprint density at radius 2 is 2.12 bits per heavy atom. The van der Waals surface area contributed by atoms with Gasteiger partial charge in [0.15, 0.2) is 0 Å². The van der Waals surface area contributed by atoms with Crippen LogP contribution in [0.2, 0.25) is 0 Å². The van der Waals surface area contributed by atoms with Crippen LogP contribution >= 0.6 is 0 Å². The van der Waals surface area contributed by atoms with Crippen molar-refractivity contribution < 1.29 is 9.13 Å². The van der Waals surface area contributed by atoms with Gasteiger partial charge in [-0.15, -0.1) is 0 Å². The maximum Gasteiger partial charge on any atom is 0.125 e. The standard InChI is InChI=1S/C13H21FN2O/c1-10(2)5-7-17-8-6-16-13-9-11(14)3-4-12(13)15/h3-4,9-10,16H,5-8,15H2,1-2H3. The minimum Gasteiger partial charge on any atom is -0.397 e. The van der Waals surface area contributed by atoms with Crippen LogP contribution in [-0.4, -0.2) is 19.8 Å². The van der Waals surface area contributed by atoms with E-state index >= 15 is 0 Å². The second-order valence-corrected chi connectivity index (χ2v) is 4.45. The largest absolute Gasteiger partial charge is 0.397 e. The molecule has 0 unspecified atom stereocenters. The molecule has 3 nitrogen and oxygen atoms in total. The molecule has 0 aromatic heterocycles. The predicted octanol–water partition coefficient (Wildman–Crippen LogP) is 2.88. The number of nitrogens with one attached hydrogen (secondary N) is 1. The third-order valence-corrected chi connectivity index (χ3v) is 2.42. The Morgan fingerprint density at radius 1 is 1.35 bits per heavy atom. The molecule has 0 fully saturated rings. The van der Waals surface area contributed by atoms with Crippen LogP contribution in [0.3, 0.4) is 0 Å². The van der Waals surface area contributed by atoms with Crippen LogP contribution in [0, 0.1) is 11.7 Å². The summed E-state index contributed by atoms with van der Waals surface area (Å²) >= 11 is 0. The van der Waals surface area contributed by atoms with Gasteiger partial charge in [0.1, 0.15) is 5.82 Å². The van der Waals surface area contributed by atoms with Crippen LogP contribution in [0.15, 0.2) is 18.2 Å². The van der Waals surface area contributed by atoms with Gasteiger partial charge in [0, 0.05) is 13.2 Å². The first-order chi connectivity index (χ1) is 8.09. The summed E-state index contributed by atoms with van der Waals surface area (Å²) in [7, 11) is 0. The summed E-state index contributed by atoms with van der Waals surface area (Å²) in [5, 5.41) is 3.05. The highest BCUT2D eigenvalue weighted by molar-refractivity contribution is 5.65. The Balaban J connectivity index is 2.20. The maximum atomic E-state index is 12.9. The molecule has 0 saturated carbocycles. The molecule has 0 amide bonds. The van der Waals surface area contributed by atoms with E-state index in [1.165, 1.54) is 12.1 Å². The molecular formula is C13H21FN2O. The summed E-state index contributed by atoms with van der Waals surface area (Å²) < 4.78 is 18.4. The van der Waals surface area contributed by atoms with Crippen molar-refractivity contribution in [3.8, 4) is 0 Å². The summed E-state index contributed by atoms with van der Waals surface area (Å²) in [6.07, 6.45) is 1.06. The van der Waals surface area contributed by atoms with Gasteiger partial charge >= 0.3 is 0 Å². The molecule has 1 rings (SSSR count). The number of nitrogen functional groups attached to an aromatic ring is 1. The molecule has 3 N–H and O–H groups in total. The molecule has 0 aliphatic heterocycles. The fourth-order valence-corrected chi connectivity index (χ4v) is 1.36. The maximum absolute atomic E-state index is 12.9. The number of ether oxygens (including phenoxy) is 1. The molecule has 0 radical (unpaired) electrons. The quantitative estimate of drug-likeness (QED) is 0.569. The SMILES string of the molecule is CC(C)CCOCCNc1cc(F)ccc1N. The lowest BCUT2D eigenvalue weighted by Crippen LogP contribution is -2.12. The van der Waals surface area contributed by atoms with Gasteiger partial charge in [0.05, 0.1) is 18.0 Å². The second-order valence-electron chi connectivity index (χ2n) is 4.45. The number of anilines is 2. The molecule has 1 aromatic rings. The lowest BCUT2D eigenvalue weighted by molar-refractivity contribution is 0.132. The van der Waals surface area contributed by atoms with Crippen molar-refractivity contribution in [2.45, 2.75) is 20.3 Å². The molecule has 96 valence electrons. The molecule has 0 saturated heterocycles. The lowest BCUT2D eigenvalue weighted by atomic mass is 10.1. The number of hydrogen-bond acceptors (Lipinski definition) is 3. The lowest BCUT2D eigenvalue weighted by Gasteiger charge is -2.10. The number of benzene rings is 1. The fraction of sp³-hybridized carbons (Fsp3) is 0.538. The highest BCUT2D eigenvalue weighted by Gasteiger charge is 2.00. The molecule has 0 heterocycles. The minimum atomic E-state index is -0.289.